The molecule has 1 aromatic heterocycles. The molecule has 0 fully saturated rings. The number of anilines is 1. The minimum atomic E-state index is -0.198. The maximum Gasteiger partial charge on any atom is 0.266 e. The molecule has 0 saturated heterocycles. The van der Waals surface area contributed by atoms with Gasteiger partial charge in [0.25, 0.3) is 12.0 Å². The number of benzene rings is 6. The maximum absolute atomic E-state index is 5.85. The number of hydrogen-bond acceptors (Lipinski definition) is 4. The average molecular weight is 607 g/mol. The molecule has 0 amide bonds. The van der Waals surface area contributed by atoms with Gasteiger partial charge in [-0.05, 0) is 76.9 Å². The summed E-state index contributed by atoms with van der Waals surface area (Å²) < 4.78 is 0. The molecule has 4 N–H and O–H groups in total. The molecule has 47 heavy (non-hydrogen) atoms. The van der Waals surface area contributed by atoms with Gasteiger partial charge >= 0.3 is 0 Å². The summed E-state index contributed by atoms with van der Waals surface area (Å²) in [6.07, 6.45) is -0.198. The van der Waals surface area contributed by atoms with Crippen LogP contribution >= 0.6 is 0 Å². The van der Waals surface area contributed by atoms with Crippen molar-refractivity contribution in [1.29, 1.82) is 0 Å². The number of pyridine rings is 1. The van der Waals surface area contributed by atoms with Crippen molar-refractivity contribution in [3.05, 3.63) is 180 Å². The summed E-state index contributed by atoms with van der Waals surface area (Å²) in [5, 5.41) is 4.71. The molecule has 0 aliphatic carbocycles. The van der Waals surface area contributed by atoms with E-state index in [4.69, 9.17) is 15.7 Å². The molecule has 224 valence electrons. The first-order valence-corrected chi connectivity index (χ1v) is 15.7. The molecule has 5 nitrogen and oxygen atoms in total. The number of nitrogen functional groups attached to an aromatic ring is 1. The fourth-order valence-electron chi connectivity index (χ4n) is 5.98. The van der Waals surface area contributed by atoms with Crippen molar-refractivity contribution < 1.29 is 4.99 Å². The predicted molar refractivity (Wildman–Crippen MR) is 193 cm³/mol. The molecular weight excluding hydrogens is 574 g/mol. The zero-order valence-electron chi connectivity index (χ0n) is 25.6. The van der Waals surface area contributed by atoms with Crippen LogP contribution in [0.3, 0.4) is 0 Å². The normalized spacial score (nSPS) is 14.3. The first-order valence-electron chi connectivity index (χ1n) is 15.7. The van der Waals surface area contributed by atoms with E-state index in [2.05, 4.69) is 126 Å². The van der Waals surface area contributed by atoms with Crippen molar-refractivity contribution in [1.82, 2.24) is 10.3 Å². The van der Waals surface area contributed by atoms with Crippen molar-refractivity contribution in [2.24, 2.45) is 4.99 Å². The molecule has 0 bridgehead atoms. The number of aliphatic imine (C=N–C) groups is 1. The van der Waals surface area contributed by atoms with Gasteiger partial charge < -0.3 is 5.73 Å². The van der Waals surface area contributed by atoms with Crippen LogP contribution in [0.1, 0.15) is 22.9 Å². The van der Waals surface area contributed by atoms with Crippen LogP contribution in [0.2, 0.25) is 0 Å². The number of nitrogens with zero attached hydrogens (tertiary/aromatic N) is 2. The Balaban J connectivity index is 1.04. The highest BCUT2D eigenvalue weighted by Crippen LogP contribution is 2.29. The van der Waals surface area contributed by atoms with Gasteiger partial charge in [0.05, 0.1) is 16.8 Å². The third-order valence-electron chi connectivity index (χ3n) is 8.57. The molecule has 7 aromatic rings. The summed E-state index contributed by atoms with van der Waals surface area (Å²) in [6.45, 7) is 0. The van der Waals surface area contributed by atoms with E-state index in [1.54, 1.807) is 0 Å². The van der Waals surface area contributed by atoms with Crippen LogP contribution < -0.4 is 16.0 Å². The summed E-state index contributed by atoms with van der Waals surface area (Å²) >= 11 is 0. The second-order valence-corrected chi connectivity index (χ2v) is 11.7. The Morgan fingerprint density at radius 2 is 1.09 bits per heavy atom. The van der Waals surface area contributed by atoms with Gasteiger partial charge in [0.15, 0.2) is 0 Å². The van der Waals surface area contributed by atoms with Gasteiger partial charge in [0.2, 0.25) is 5.84 Å². The van der Waals surface area contributed by atoms with Crippen LogP contribution in [0, 0.1) is 0 Å². The molecule has 8 rings (SSSR count). The van der Waals surface area contributed by atoms with Gasteiger partial charge in [-0.25, -0.2) is 9.98 Å². The second-order valence-electron chi connectivity index (χ2n) is 11.7. The number of hydrogen-bond donors (Lipinski definition) is 3. The predicted octanol–water partition coefficient (Wildman–Crippen LogP) is 7.39. The standard InChI is InChI=1S/C42H31N5/c43-37-23-19-29(20-24-37)28-11-13-30(14-12-28)35-21-25-39-36(27-35)22-26-38(44-39)31-15-17-34(18-16-31)42-46-40(32-7-3-1-4-8-32)45-41(47-42)33-9-5-2-6-10-33/h1-27,40H,43H2,(H,45,46,47)/p+1. The molecule has 0 radical (unpaired) electrons. The number of nitrogens with one attached hydrogen (secondary N) is 2. The van der Waals surface area contributed by atoms with Crippen molar-refractivity contribution >= 4 is 28.3 Å². The molecule has 5 heteroatoms. The first-order chi connectivity index (χ1) is 23.2. The topological polar surface area (TPSA) is 77.3 Å². The third-order valence-corrected chi connectivity index (χ3v) is 8.57. The summed E-state index contributed by atoms with van der Waals surface area (Å²) in [7, 11) is 0. The van der Waals surface area contributed by atoms with E-state index >= 15 is 0 Å². The number of aromatic nitrogens is 1. The maximum atomic E-state index is 5.85. The fourth-order valence-corrected chi connectivity index (χ4v) is 5.98. The highest BCUT2D eigenvalue weighted by Gasteiger charge is 2.27. The zero-order chi connectivity index (χ0) is 31.6. The molecule has 6 aromatic carbocycles. The molecule has 1 aliphatic heterocycles. The lowest BCUT2D eigenvalue weighted by atomic mass is 9.99. The molecule has 1 unspecified atom stereocenters. The Bertz CT molecular complexity index is 2240. The lowest BCUT2D eigenvalue weighted by Gasteiger charge is -2.17. The SMILES string of the molecule is Nc1ccc(-c2ccc(-c3ccc4nc(-c5ccc(C6=[NH+]C(c7ccccc7)=NC(c7ccccc7)N6)cc5)ccc4c3)cc2)cc1. The molecule has 1 atom stereocenters. The van der Waals surface area contributed by atoms with E-state index < -0.39 is 0 Å². The summed E-state index contributed by atoms with van der Waals surface area (Å²) in [4.78, 5) is 13.6. The van der Waals surface area contributed by atoms with Crippen LogP contribution in [0.25, 0.3) is 44.4 Å². The fraction of sp³-hybridized carbons (Fsp3) is 0.0238. The Kier molecular flexibility index (Phi) is 7.32. The number of rotatable bonds is 6. The zero-order valence-corrected chi connectivity index (χ0v) is 25.6. The van der Waals surface area contributed by atoms with Gasteiger partial charge in [-0.15, -0.1) is 0 Å². The lowest BCUT2D eigenvalue weighted by Crippen LogP contribution is -2.82. The first kappa shape index (κ1) is 28.2. The quantitative estimate of drug-likeness (QED) is 0.173. The smallest absolute Gasteiger partial charge is 0.266 e. The minimum absolute atomic E-state index is 0.198. The Labute approximate surface area is 273 Å². The molecule has 1 aliphatic rings. The van der Waals surface area contributed by atoms with E-state index in [1.165, 1.54) is 11.1 Å². The van der Waals surface area contributed by atoms with Crippen LogP contribution in [0.5, 0.6) is 0 Å². The van der Waals surface area contributed by atoms with E-state index in [0.29, 0.717) is 0 Å². The lowest BCUT2D eigenvalue weighted by molar-refractivity contribution is -0.321. The minimum Gasteiger partial charge on any atom is -0.399 e. The van der Waals surface area contributed by atoms with Gasteiger partial charge in [0.1, 0.15) is 0 Å². The largest absolute Gasteiger partial charge is 0.399 e. The van der Waals surface area contributed by atoms with Gasteiger partial charge in [0, 0.05) is 27.8 Å². The van der Waals surface area contributed by atoms with Gasteiger partial charge in [-0.2, -0.15) is 0 Å². The van der Waals surface area contributed by atoms with Crippen LogP contribution in [-0.4, -0.2) is 16.7 Å². The summed E-state index contributed by atoms with van der Waals surface area (Å²) in [5.41, 5.74) is 17.4. The van der Waals surface area contributed by atoms with Crippen molar-refractivity contribution in [3.8, 4) is 33.5 Å². The number of fused-ring (bicyclic) bond motifs is 1. The Hall–Kier alpha value is -6.33. The third kappa shape index (κ3) is 5.90. The van der Waals surface area contributed by atoms with Crippen molar-refractivity contribution in [2.75, 3.05) is 5.73 Å². The second kappa shape index (κ2) is 12.2. The van der Waals surface area contributed by atoms with E-state index in [9.17, 15) is 0 Å². The van der Waals surface area contributed by atoms with Crippen LogP contribution in [0.15, 0.2) is 169 Å². The number of amidine groups is 2. The monoisotopic (exact) mass is 606 g/mol. The highest BCUT2D eigenvalue weighted by molar-refractivity contribution is 6.02. The summed E-state index contributed by atoms with van der Waals surface area (Å²) in [6, 6.07) is 56.4. The average Bonchev–Trinajstić information content (AvgIpc) is 3.15. The highest BCUT2D eigenvalue weighted by atomic mass is 15.2. The molecule has 0 spiro atoms. The van der Waals surface area contributed by atoms with Crippen molar-refractivity contribution in [3.63, 3.8) is 0 Å². The van der Waals surface area contributed by atoms with E-state index in [-0.39, 0.29) is 6.17 Å². The number of nitrogens with two attached hydrogens (primary N) is 1. The van der Waals surface area contributed by atoms with Crippen LogP contribution in [-0.2, 0) is 0 Å². The van der Waals surface area contributed by atoms with Crippen LogP contribution in [0.4, 0.5) is 5.69 Å². The molecular formula is C42H32N5+. The van der Waals surface area contributed by atoms with Gasteiger partial charge in [-0.3, -0.25) is 5.32 Å². The van der Waals surface area contributed by atoms with E-state index in [0.717, 1.165) is 67.3 Å². The molecule has 0 saturated carbocycles. The molecule has 2 heterocycles. The van der Waals surface area contributed by atoms with E-state index in [1.807, 2.05) is 48.5 Å². The van der Waals surface area contributed by atoms with Gasteiger partial charge in [-0.1, -0.05) is 114 Å². The summed E-state index contributed by atoms with van der Waals surface area (Å²) in [5.74, 6) is 1.75. The Morgan fingerprint density at radius 1 is 0.511 bits per heavy atom. The van der Waals surface area contributed by atoms with Crippen molar-refractivity contribution in [2.45, 2.75) is 6.17 Å². The Morgan fingerprint density at radius 3 is 1.79 bits per heavy atom.